The quantitative estimate of drug-likeness (QED) is 0.537. The third-order valence-electron chi connectivity index (χ3n) is 1.26. The van der Waals surface area contributed by atoms with Crippen LogP contribution < -0.4 is 10.6 Å². The monoisotopic (exact) mass is 158 g/mol. The first-order chi connectivity index (χ1) is 5.22. The van der Waals surface area contributed by atoms with Crippen molar-refractivity contribution in [1.29, 1.82) is 0 Å². The summed E-state index contributed by atoms with van der Waals surface area (Å²) >= 11 is 0. The predicted molar refractivity (Wildman–Crippen MR) is 42.0 cm³/mol. The smallest absolute Gasteiger partial charge is 0.242 e. The maximum atomic E-state index is 11.0. The third-order valence-corrected chi connectivity index (χ3v) is 1.26. The summed E-state index contributed by atoms with van der Waals surface area (Å²) in [6.07, 6.45) is 1.43. The Morgan fingerprint density at radius 1 is 1.64 bits per heavy atom. The Kier molecular flexibility index (Phi) is 5.15. The van der Waals surface area contributed by atoms with Gasteiger partial charge in [0.2, 0.25) is 12.3 Å². The highest BCUT2D eigenvalue weighted by atomic mass is 16.2. The van der Waals surface area contributed by atoms with Crippen LogP contribution >= 0.6 is 0 Å². The first-order valence-electron chi connectivity index (χ1n) is 3.69. The molecular formula is C7H14N2O2. The van der Waals surface area contributed by atoms with Crippen LogP contribution in [-0.2, 0) is 9.59 Å². The minimum absolute atomic E-state index is 0.140. The van der Waals surface area contributed by atoms with E-state index >= 15 is 0 Å². The Balaban J connectivity index is 3.54. The minimum atomic E-state index is -0.431. The van der Waals surface area contributed by atoms with Crippen molar-refractivity contribution in [2.24, 2.45) is 0 Å². The summed E-state index contributed by atoms with van der Waals surface area (Å²) in [5, 5.41) is 5.02. The lowest BCUT2D eigenvalue weighted by molar-refractivity contribution is -0.124. The standard InChI is InChI=1S/C7H14N2O2/c1-3-4-8-7(11)6(2)9-5-10/h5-6H,3-4H2,1-2H3,(H,8,11)(H,9,10). The van der Waals surface area contributed by atoms with Crippen LogP contribution in [0.25, 0.3) is 0 Å². The highest BCUT2D eigenvalue weighted by molar-refractivity contribution is 5.82. The Labute approximate surface area is 66.4 Å². The van der Waals surface area contributed by atoms with E-state index in [4.69, 9.17) is 0 Å². The van der Waals surface area contributed by atoms with Crippen LogP contribution in [-0.4, -0.2) is 24.9 Å². The molecule has 64 valence electrons. The van der Waals surface area contributed by atoms with Crippen molar-refractivity contribution in [3.8, 4) is 0 Å². The second-order valence-corrected chi connectivity index (χ2v) is 2.30. The minimum Gasteiger partial charge on any atom is -0.354 e. The molecule has 0 bridgehead atoms. The topological polar surface area (TPSA) is 58.2 Å². The lowest BCUT2D eigenvalue weighted by Crippen LogP contribution is -2.41. The van der Waals surface area contributed by atoms with Crippen LogP contribution in [0.1, 0.15) is 20.3 Å². The zero-order chi connectivity index (χ0) is 8.69. The lowest BCUT2D eigenvalue weighted by atomic mass is 10.3. The maximum absolute atomic E-state index is 11.0. The zero-order valence-corrected chi connectivity index (χ0v) is 6.89. The van der Waals surface area contributed by atoms with Gasteiger partial charge in [-0.15, -0.1) is 0 Å². The molecule has 0 saturated heterocycles. The fraction of sp³-hybridized carbons (Fsp3) is 0.714. The molecule has 0 aliphatic rings. The largest absolute Gasteiger partial charge is 0.354 e. The van der Waals surface area contributed by atoms with E-state index < -0.39 is 6.04 Å². The molecule has 2 amide bonds. The normalized spacial score (nSPS) is 11.8. The second kappa shape index (κ2) is 5.70. The third kappa shape index (κ3) is 4.36. The van der Waals surface area contributed by atoms with E-state index in [0.717, 1.165) is 6.42 Å². The van der Waals surface area contributed by atoms with Crippen molar-refractivity contribution in [2.45, 2.75) is 26.3 Å². The van der Waals surface area contributed by atoms with Gasteiger partial charge in [-0.3, -0.25) is 9.59 Å². The molecule has 2 N–H and O–H groups in total. The van der Waals surface area contributed by atoms with Gasteiger partial charge in [0.1, 0.15) is 6.04 Å². The first-order valence-corrected chi connectivity index (χ1v) is 3.69. The first kappa shape index (κ1) is 9.94. The number of nitrogens with one attached hydrogen (secondary N) is 2. The van der Waals surface area contributed by atoms with Crippen LogP contribution in [0.3, 0.4) is 0 Å². The van der Waals surface area contributed by atoms with Crippen LogP contribution in [0.15, 0.2) is 0 Å². The van der Waals surface area contributed by atoms with E-state index in [-0.39, 0.29) is 5.91 Å². The molecule has 0 aromatic rings. The van der Waals surface area contributed by atoms with Crippen LogP contribution in [0.4, 0.5) is 0 Å². The molecule has 0 heterocycles. The van der Waals surface area contributed by atoms with Gasteiger partial charge in [0.05, 0.1) is 0 Å². The van der Waals surface area contributed by atoms with E-state index in [1.165, 1.54) is 0 Å². The zero-order valence-electron chi connectivity index (χ0n) is 6.89. The van der Waals surface area contributed by atoms with Gasteiger partial charge in [-0.2, -0.15) is 0 Å². The number of amides is 2. The second-order valence-electron chi connectivity index (χ2n) is 2.30. The van der Waals surface area contributed by atoms with Gasteiger partial charge in [-0.05, 0) is 13.3 Å². The fourth-order valence-corrected chi connectivity index (χ4v) is 0.579. The summed E-state index contributed by atoms with van der Waals surface area (Å²) < 4.78 is 0. The van der Waals surface area contributed by atoms with Gasteiger partial charge in [0, 0.05) is 6.54 Å². The Bertz CT molecular complexity index is 136. The predicted octanol–water partition coefficient (Wildman–Crippen LogP) is -0.353. The average molecular weight is 158 g/mol. The van der Waals surface area contributed by atoms with Crippen LogP contribution in [0, 0.1) is 0 Å². The Hall–Kier alpha value is -1.06. The van der Waals surface area contributed by atoms with Crippen molar-refractivity contribution < 1.29 is 9.59 Å². The van der Waals surface area contributed by atoms with Crippen LogP contribution in [0.2, 0.25) is 0 Å². The summed E-state index contributed by atoms with van der Waals surface area (Å²) in [7, 11) is 0. The Morgan fingerprint density at radius 2 is 2.27 bits per heavy atom. The SMILES string of the molecule is CCCNC(=O)C(C)NC=O. The molecule has 0 rings (SSSR count). The van der Waals surface area contributed by atoms with E-state index in [1.54, 1.807) is 6.92 Å². The number of carbonyl (C=O) groups excluding carboxylic acids is 2. The Morgan fingerprint density at radius 3 is 2.73 bits per heavy atom. The molecule has 4 heteroatoms. The van der Waals surface area contributed by atoms with Gasteiger partial charge in [0.15, 0.2) is 0 Å². The molecule has 1 atom stereocenters. The molecule has 0 aliphatic heterocycles. The van der Waals surface area contributed by atoms with Crippen LogP contribution in [0.5, 0.6) is 0 Å². The van der Waals surface area contributed by atoms with Gasteiger partial charge < -0.3 is 10.6 Å². The van der Waals surface area contributed by atoms with Crippen molar-refractivity contribution in [3.05, 3.63) is 0 Å². The summed E-state index contributed by atoms with van der Waals surface area (Å²) in [5.41, 5.74) is 0. The highest BCUT2D eigenvalue weighted by Gasteiger charge is 2.08. The molecule has 0 fully saturated rings. The number of hydrogen-bond acceptors (Lipinski definition) is 2. The maximum Gasteiger partial charge on any atom is 0.242 e. The van der Waals surface area contributed by atoms with Gasteiger partial charge in [0.25, 0.3) is 0 Å². The number of hydrogen-bond donors (Lipinski definition) is 2. The number of rotatable bonds is 5. The van der Waals surface area contributed by atoms with E-state index in [2.05, 4.69) is 10.6 Å². The number of carbonyl (C=O) groups is 2. The fourth-order valence-electron chi connectivity index (χ4n) is 0.579. The summed E-state index contributed by atoms with van der Waals surface area (Å²) in [5.74, 6) is -0.140. The molecule has 0 radical (unpaired) electrons. The summed E-state index contributed by atoms with van der Waals surface area (Å²) in [4.78, 5) is 20.9. The van der Waals surface area contributed by atoms with Crippen molar-refractivity contribution in [3.63, 3.8) is 0 Å². The highest BCUT2D eigenvalue weighted by Crippen LogP contribution is 1.79. The van der Waals surface area contributed by atoms with Crippen molar-refractivity contribution >= 4 is 12.3 Å². The molecule has 1 unspecified atom stereocenters. The van der Waals surface area contributed by atoms with E-state index in [9.17, 15) is 9.59 Å². The van der Waals surface area contributed by atoms with Gasteiger partial charge in [-0.1, -0.05) is 6.92 Å². The molecule has 0 aliphatic carbocycles. The molecule has 11 heavy (non-hydrogen) atoms. The van der Waals surface area contributed by atoms with Crippen molar-refractivity contribution in [1.82, 2.24) is 10.6 Å². The van der Waals surface area contributed by atoms with E-state index in [1.807, 2.05) is 6.92 Å². The van der Waals surface area contributed by atoms with E-state index in [0.29, 0.717) is 13.0 Å². The van der Waals surface area contributed by atoms with Crippen molar-refractivity contribution in [2.75, 3.05) is 6.54 Å². The molecule has 0 spiro atoms. The van der Waals surface area contributed by atoms with Gasteiger partial charge in [-0.25, -0.2) is 0 Å². The molecule has 0 aromatic carbocycles. The average Bonchev–Trinajstić information content (AvgIpc) is 2.00. The summed E-state index contributed by atoms with van der Waals surface area (Å²) in [6, 6.07) is -0.431. The van der Waals surface area contributed by atoms with Gasteiger partial charge >= 0.3 is 0 Å². The lowest BCUT2D eigenvalue weighted by Gasteiger charge is -2.09. The molecule has 0 aromatic heterocycles. The molecule has 4 nitrogen and oxygen atoms in total. The molecule has 0 saturated carbocycles. The summed E-state index contributed by atoms with van der Waals surface area (Å²) in [6.45, 7) is 4.27. The molecular weight excluding hydrogens is 144 g/mol.